The second kappa shape index (κ2) is 5.35. The number of hydrogen-bond donors (Lipinski definition) is 2. The molecule has 98 valence electrons. The number of aliphatic hydroxyl groups is 1. The molecule has 0 radical (unpaired) electrons. The van der Waals surface area contributed by atoms with Crippen LogP contribution in [0.4, 0.5) is 4.79 Å². The average Bonchev–Trinajstić information content (AvgIpc) is 2.18. The third kappa shape index (κ3) is 4.60. The van der Waals surface area contributed by atoms with Crippen LogP contribution in [0.5, 0.6) is 0 Å². The molecule has 1 heterocycles. The molecule has 0 bridgehead atoms. The normalized spacial score (nSPS) is 25.3. The van der Waals surface area contributed by atoms with Crippen molar-refractivity contribution in [3.05, 3.63) is 0 Å². The molecule has 2 unspecified atom stereocenters. The van der Waals surface area contributed by atoms with Crippen LogP contribution in [0, 0.1) is 0 Å². The molecule has 2 atom stereocenters. The molecule has 1 aliphatic heterocycles. The minimum Gasteiger partial charge on any atom is -0.444 e. The number of piperidine rings is 1. The van der Waals surface area contributed by atoms with Crippen LogP contribution in [0.2, 0.25) is 0 Å². The summed E-state index contributed by atoms with van der Waals surface area (Å²) in [6.45, 7) is 6.12. The molecule has 0 aromatic heterocycles. The molecule has 0 spiro atoms. The Balaban J connectivity index is 2.48. The fourth-order valence-electron chi connectivity index (χ4n) is 1.66. The Labute approximate surface area is 101 Å². The molecule has 6 heteroatoms. The topological polar surface area (TPSA) is 78.9 Å². The Hall–Kier alpha value is -1.30. The highest BCUT2D eigenvalue weighted by Gasteiger charge is 2.29. The number of nitrogens with one attached hydrogen (secondary N) is 1. The van der Waals surface area contributed by atoms with E-state index in [-0.39, 0.29) is 0 Å². The van der Waals surface area contributed by atoms with Crippen molar-refractivity contribution in [3.63, 3.8) is 0 Å². The standard InChI is InChI=1S/C11H20N2O4/c1-11(2,3)17-10(16)12-8-6-13(7-14)5-4-9(8)15/h7-9,15H,4-6H2,1-3H3,(H,12,16). The van der Waals surface area contributed by atoms with E-state index in [4.69, 9.17) is 4.74 Å². The SMILES string of the molecule is CC(C)(C)OC(=O)NC1CN(C=O)CCC1O. The van der Waals surface area contributed by atoms with Crippen molar-refractivity contribution in [2.75, 3.05) is 13.1 Å². The van der Waals surface area contributed by atoms with E-state index >= 15 is 0 Å². The maximum absolute atomic E-state index is 11.5. The van der Waals surface area contributed by atoms with Crippen LogP contribution in [0.1, 0.15) is 27.2 Å². The van der Waals surface area contributed by atoms with E-state index in [1.165, 1.54) is 4.90 Å². The van der Waals surface area contributed by atoms with Gasteiger partial charge in [0, 0.05) is 13.1 Å². The van der Waals surface area contributed by atoms with Gasteiger partial charge in [-0.25, -0.2) is 4.79 Å². The highest BCUT2D eigenvalue weighted by atomic mass is 16.6. The average molecular weight is 244 g/mol. The zero-order chi connectivity index (χ0) is 13.1. The zero-order valence-electron chi connectivity index (χ0n) is 10.5. The van der Waals surface area contributed by atoms with Gasteiger partial charge in [-0.05, 0) is 27.2 Å². The van der Waals surface area contributed by atoms with E-state index in [0.717, 1.165) is 6.41 Å². The number of rotatable bonds is 2. The fourth-order valence-corrected chi connectivity index (χ4v) is 1.66. The lowest BCUT2D eigenvalue weighted by atomic mass is 10.0. The Kier molecular flexibility index (Phi) is 4.34. The van der Waals surface area contributed by atoms with Crippen LogP contribution in [-0.4, -0.2) is 53.3 Å². The van der Waals surface area contributed by atoms with Gasteiger partial charge in [0.05, 0.1) is 12.1 Å². The number of hydrogen-bond acceptors (Lipinski definition) is 4. The second-order valence-corrected chi connectivity index (χ2v) is 5.21. The third-order valence-electron chi connectivity index (χ3n) is 2.46. The molecule has 0 aromatic carbocycles. The summed E-state index contributed by atoms with van der Waals surface area (Å²) in [6, 6.07) is -0.469. The summed E-state index contributed by atoms with van der Waals surface area (Å²) < 4.78 is 5.09. The van der Waals surface area contributed by atoms with Gasteiger partial charge in [0.15, 0.2) is 0 Å². The van der Waals surface area contributed by atoms with Crippen LogP contribution in [0.25, 0.3) is 0 Å². The quantitative estimate of drug-likeness (QED) is 0.675. The second-order valence-electron chi connectivity index (χ2n) is 5.21. The first-order chi connectivity index (χ1) is 7.81. The van der Waals surface area contributed by atoms with Crippen LogP contribution >= 0.6 is 0 Å². The van der Waals surface area contributed by atoms with E-state index in [9.17, 15) is 14.7 Å². The van der Waals surface area contributed by atoms with Gasteiger partial charge >= 0.3 is 6.09 Å². The van der Waals surface area contributed by atoms with Crippen molar-refractivity contribution in [2.45, 2.75) is 44.9 Å². The van der Waals surface area contributed by atoms with E-state index in [2.05, 4.69) is 5.32 Å². The van der Waals surface area contributed by atoms with Gasteiger partial charge in [-0.2, -0.15) is 0 Å². The predicted molar refractivity (Wildman–Crippen MR) is 61.4 cm³/mol. The summed E-state index contributed by atoms with van der Waals surface area (Å²) in [5, 5.41) is 12.3. The Morgan fingerprint density at radius 1 is 1.53 bits per heavy atom. The van der Waals surface area contributed by atoms with Crippen molar-refractivity contribution in [1.29, 1.82) is 0 Å². The first kappa shape index (κ1) is 13.8. The molecule has 1 fully saturated rings. The van der Waals surface area contributed by atoms with Gasteiger partial charge in [0.25, 0.3) is 0 Å². The van der Waals surface area contributed by atoms with Crippen LogP contribution in [0.15, 0.2) is 0 Å². The van der Waals surface area contributed by atoms with Crippen LogP contribution < -0.4 is 5.32 Å². The molecular weight excluding hydrogens is 224 g/mol. The summed E-state index contributed by atoms with van der Waals surface area (Å²) >= 11 is 0. The molecule has 0 aliphatic carbocycles. The first-order valence-electron chi connectivity index (χ1n) is 5.69. The van der Waals surface area contributed by atoms with Gasteiger partial charge in [0.2, 0.25) is 6.41 Å². The van der Waals surface area contributed by atoms with E-state index in [1.807, 2.05) is 0 Å². The molecule has 0 saturated carbocycles. The van der Waals surface area contributed by atoms with Crippen LogP contribution in [0.3, 0.4) is 0 Å². The van der Waals surface area contributed by atoms with Crippen molar-refractivity contribution in [1.82, 2.24) is 10.2 Å². The monoisotopic (exact) mass is 244 g/mol. The molecule has 6 nitrogen and oxygen atoms in total. The van der Waals surface area contributed by atoms with Gasteiger partial charge in [0.1, 0.15) is 5.60 Å². The number of alkyl carbamates (subject to hydrolysis) is 1. The number of carbonyl (C=O) groups excluding carboxylic acids is 2. The number of likely N-dealkylation sites (tertiary alicyclic amines) is 1. The maximum atomic E-state index is 11.5. The smallest absolute Gasteiger partial charge is 0.408 e. The van der Waals surface area contributed by atoms with Gasteiger partial charge < -0.3 is 20.1 Å². The summed E-state index contributed by atoms with van der Waals surface area (Å²) in [5.74, 6) is 0. The van der Waals surface area contributed by atoms with Gasteiger partial charge in [-0.15, -0.1) is 0 Å². The van der Waals surface area contributed by atoms with Gasteiger partial charge in [-0.3, -0.25) is 4.79 Å². The minimum atomic E-state index is -0.640. The fraction of sp³-hybridized carbons (Fsp3) is 0.818. The molecule has 2 amide bonds. The molecule has 1 aliphatic rings. The van der Waals surface area contributed by atoms with Crippen molar-refractivity contribution < 1.29 is 19.4 Å². The predicted octanol–water partition coefficient (Wildman–Crippen LogP) is 0.103. The summed E-state index contributed by atoms with van der Waals surface area (Å²) in [4.78, 5) is 23.7. The molecule has 1 saturated heterocycles. The lowest BCUT2D eigenvalue weighted by Crippen LogP contribution is -2.55. The van der Waals surface area contributed by atoms with E-state index < -0.39 is 23.8 Å². The van der Waals surface area contributed by atoms with E-state index in [1.54, 1.807) is 20.8 Å². The summed E-state index contributed by atoms with van der Waals surface area (Å²) in [5.41, 5.74) is -0.575. The van der Waals surface area contributed by atoms with E-state index in [0.29, 0.717) is 19.5 Å². The number of aliphatic hydroxyl groups excluding tert-OH is 1. The van der Waals surface area contributed by atoms with Crippen molar-refractivity contribution in [2.24, 2.45) is 0 Å². The Bertz CT molecular complexity index is 288. The Morgan fingerprint density at radius 2 is 2.18 bits per heavy atom. The number of amides is 2. The lowest BCUT2D eigenvalue weighted by Gasteiger charge is -2.34. The Morgan fingerprint density at radius 3 is 2.71 bits per heavy atom. The summed E-state index contributed by atoms with van der Waals surface area (Å²) in [6.07, 6.45) is -0.0393. The van der Waals surface area contributed by atoms with Crippen molar-refractivity contribution >= 4 is 12.5 Å². The molecular formula is C11H20N2O4. The summed E-state index contributed by atoms with van der Waals surface area (Å²) in [7, 11) is 0. The lowest BCUT2D eigenvalue weighted by molar-refractivity contribution is -0.120. The molecule has 2 N–H and O–H groups in total. The number of nitrogens with zero attached hydrogens (tertiary/aromatic N) is 1. The number of carbonyl (C=O) groups is 2. The third-order valence-corrected chi connectivity index (χ3v) is 2.46. The molecule has 17 heavy (non-hydrogen) atoms. The highest BCUT2D eigenvalue weighted by Crippen LogP contribution is 2.11. The number of ether oxygens (including phenoxy) is 1. The van der Waals surface area contributed by atoms with Crippen LogP contribution in [-0.2, 0) is 9.53 Å². The molecule has 1 rings (SSSR count). The highest BCUT2D eigenvalue weighted by molar-refractivity contribution is 5.68. The zero-order valence-corrected chi connectivity index (χ0v) is 10.5. The largest absolute Gasteiger partial charge is 0.444 e. The molecule has 0 aromatic rings. The maximum Gasteiger partial charge on any atom is 0.408 e. The van der Waals surface area contributed by atoms with Gasteiger partial charge in [-0.1, -0.05) is 0 Å². The first-order valence-corrected chi connectivity index (χ1v) is 5.69. The minimum absolute atomic E-state index is 0.309. The van der Waals surface area contributed by atoms with Crippen molar-refractivity contribution in [3.8, 4) is 0 Å².